The van der Waals surface area contributed by atoms with Gasteiger partial charge in [-0.3, -0.25) is 0 Å². The lowest BCUT2D eigenvalue weighted by atomic mass is 10.1. The highest BCUT2D eigenvalue weighted by atomic mass is 16.5. The fourth-order valence-corrected chi connectivity index (χ4v) is 2.33. The number of likely N-dealkylation sites (tertiary alicyclic amines) is 1. The normalized spacial score (nSPS) is 21.8. The smallest absolute Gasteiger partial charge is 0.227 e. The molecule has 1 aromatic heterocycles. The maximum absolute atomic E-state index is 5.01. The van der Waals surface area contributed by atoms with Gasteiger partial charge < -0.3 is 14.7 Å². The van der Waals surface area contributed by atoms with Crippen molar-refractivity contribution in [3.63, 3.8) is 0 Å². The van der Waals surface area contributed by atoms with Crippen LogP contribution in [0, 0.1) is 0 Å². The van der Waals surface area contributed by atoms with Crippen LogP contribution in [-0.2, 0) is 6.42 Å². The third-order valence-electron chi connectivity index (χ3n) is 3.24. The van der Waals surface area contributed by atoms with Crippen molar-refractivity contribution in [1.82, 2.24) is 20.4 Å². The van der Waals surface area contributed by atoms with Crippen molar-refractivity contribution in [3.05, 3.63) is 12.2 Å². The molecule has 0 aliphatic carbocycles. The number of nitrogens with zero attached hydrogens (tertiary/aromatic N) is 3. The van der Waals surface area contributed by atoms with Gasteiger partial charge in [-0.15, -0.1) is 0 Å². The maximum Gasteiger partial charge on any atom is 0.227 e. The third kappa shape index (κ3) is 4.09. The molecule has 1 aliphatic heterocycles. The van der Waals surface area contributed by atoms with Gasteiger partial charge in [-0.1, -0.05) is 12.1 Å². The van der Waals surface area contributed by atoms with E-state index < -0.39 is 0 Å². The average Bonchev–Trinajstić information content (AvgIpc) is 2.87. The van der Waals surface area contributed by atoms with Crippen LogP contribution in [0.25, 0.3) is 0 Å². The standard InChI is InChI=1S/C12H22N4O/c1-2-6-13-11-4-3-7-16(9-11)8-5-12-14-10-15-17-12/h10-11,13H,2-9H2,1H3. The molecule has 1 saturated heterocycles. The van der Waals surface area contributed by atoms with Gasteiger partial charge in [-0.25, -0.2) is 0 Å². The predicted molar refractivity (Wildman–Crippen MR) is 65.8 cm³/mol. The van der Waals surface area contributed by atoms with E-state index in [9.17, 15) is 0 Å². The zero-order chi connectivity index (χ0) is 11.9. The van der Waals surface area contributed by atoms with Crippen molar-refractivity contribution < 1.29 is 4.52 Å². The summed E-state index contributed by atoms with van der Waals surface area (Å²) in [6.45, 7) is 6.70. The van der Waals surface area contributed by atoms with E-state index in [2.05, 4.69) is 27.3 Å². The van der Waals surface area contributed by atoms with Crippen molar-refractivity contribution in [2.24, 2.45) is 0 Å². The van der Waals surface area contributed by atoms with Crippen LogP contribution < -0.4 is 5.32 Å². The summed E-state index contributed by atoms with van der Waals surface area (Å²) >= 11 is 0. The summed E-state index contributed by atoms with van der Waals surface area (Å²) in [6, 6.07) is 0.659. The zero-order valence-corrected chi connectivity index (χ0v) is 10.6. The van der Waals surface area contributed by atoms with Crippen molar-refractivity contribution in [2.45, 2.75) is 38.6 Å². The molecule has 1 aliphatic rings. The van der Waals surface area contributed by atoms with Crippen LogP contribution in [0.3, 0.4) is 0 Å². The first-order chi connectivity index (χ1) is 8.38. The maximum atomic E-state index is 5.01. The summed E-state index contributed by atoms with van der Waals surface area (Å²) in [5.74, 6) is 0.744. The molecule has 0 bridgehead atoms. The number of hydrogen-bond donors (Lipinski definition) is 1. The number of piperidine rings is 1. The summed E-state index contributed by atoms with van der Waals surface area (Å²) in [4.78, 5) is 6.54. The quantitative estimate of drug-likeness (QED) is 0.803. The summed E-state index contributed by atoms with van der Waals surface area (Å²) in [5, 5.41) is 7.23. The lowest BCUT2D eigenvalue weighted by Gasteiger charge is -2.32. The lowest BCUT2D eigenvalue weighted by Crippen LogP contribution is -2.46. The first kappa shape index (κ1) is 12.5. The average molecular weight is 238 g/mol. The largest absolute Gasteiger partial charge is 0.340 e. The van der Waals surface area contributed by atoms with Crippen LogP contribution in [0.1, 0.15) is 32.1 Å². The highest BCUT2D eigenvalue weighted by molar-refractivity contribution is 4.81. The van der Waals surface area contributed by atoms with Crippen molar-refractivity contribution in [1.29, 1.82) is 0 Å². The predicted octanol–water partition coefficient (Wildman–Crippen LogP) is 1.08. The monoisotopic (exact) mass is 238 g/mol. The molecule has 2 rings (SSSR count). The molecule has 0 aromatic carbocycles. The van der Waals surface area contributed by atoms with Crippen LogP contribution in [0.5, 0.6) is 0 Å². The molecular formula is C12H22N4O. The van der Waals surface area contributed by atoms with E-state index in [1.165, 1.54) is 32.1 Å². The Labute approximate surface area is 103 Å². The Morgan fingerprint density at radius 2 is 2.53 bits per heavy atom. The number of hydrogen-bond acceptors (Lipinski definition) is 5. The molecule has 17 heavy (non-hydrogen) atoms. The van der Waals surface area contributed by atoms with Crippen LogP contribution in [0.15, 0.2) is 10.9 Å². The second kappa shape index (κ2) is 6.71. The molecule has 5 nitrogen and oxygen atoms in total. The van der Waals surface area contributed by atoms with Crippen molar-refractivity contribution in [3.8, 4) is 0 Å². The van der Waals surface area contributed by atoms with Gasteiger partial charge in [0.25, 0.3) is 0 Å². The van der Waals surface area contributed by atoms with Crippen LogP contribution in [0.4, 0.5) is 0 Å². The minimum atomic E-state index is 0.659. The van der Waals surface area contributed by atoms with E-state index in [0.29, 0.717) is 6.04 Å². The Kier molecular flexibility index (Phi) is 4.94. The molecule has 0 amide bonds. The summed E-state index contributed by atoms with van der Waals surface area (Å²) in [6.07, 6.45) is 6.12. The van der Waals surface area contributed by atoms with E-state index in [0.717, 1.165) is 31.9 Å². The van der Waals surface area contributed by atoms with Gasteiger partial charge in [-0.05, 0) is 32.4 Å². The van der Waals surface area contributed by atoms with Crippen LogP contribution in [-0.4, -0.2) is 47.3 Å². The molecule has 1 atom stereocenters. The first-order valence-corrected chi connectivity index (χ1v) is 6.59. The van der Waals surface area contributed by atoms with E-state index in [-0.39, 0.29) is 0 Å². The molecule has 0 spiro atoms. The van der Waals surface area contributed by atoms with Gasteiger partial charge in [0.1, 0.15) is 0 Å². The van der Waals surface area contributed by atoms with Gasteiger partial charge in [0, 0.05) is 25.6 Å². The highest BCUT2D eigenvalue weighted by Gasteiger charge is 2.19. The Bertz CT molecular complexity index is 301. The number of nitrogens with one attached hydrogen (secondary N) is 1. The molecule has 5 heteroatoms. The van der Waals surface area contributed by atoms with E-state index in [1.54, 1.807) is 0 Å². The summed E-state index contributed by atoms with van der Waals surface area (Å²) < 4.78 is 5.01. The van der Waals surface area contributed by atoms with Gasteiger partial charge >= 0.3 is 0 Å². The fourth-order valence-electron chi connectivity index (χ4n) is 2.33. The zero-order valence-electron chi connectivity index (χ0n) is 10.6. The Hall–Kier alpha value is -0.940. The number of aromatic nitrogens is 2. The number of rotatable bonds is 6. The molecular weight excluding hydrogens is 216 g/mol. The molecule has 0 saturated carbocycles. The lowest BCUT2D eigenvalue weighted by molar-refractivity contribution is 0.187. The van der Waals surface area contributed by atoms with E-state index in [4.69, 9.17) is 4.52 Å². The van der Waals surface area contributed by atoms with Crippen molar-refractivity contribution >= 4 is 0 Å². The van der Waals surface area contributed by atoms with Crippen LogP contribution in [0.2, 0.25) is 0 Å². The van der Waals surface area contributed by atoms with Crippen molar-refractivity contribution in [2.75, 3.05) is 26.2 Å². The molecule has 96 valence electrons. The minimum Gasteiger partial charge on any atom is -0.340 e. The van der Waals surface area contributed by atoms with Gasteiger partial charge in [0.2, 0.25) is 5.89 Å². The van der Waals surface area contributed by atoms with E-state index in [1.807, 2.05) is 0 Å². The highest BCUT2D eigenvalue weighted by Crippen LogP contribution is 2.10. The molecule has 1 unspecified atom stereocenters. The molecule has 1 N–H and O–H groups in total. The third-order valence-corrected chi connectivity index (χ3v) is 3.24. The second-order valence-corrected chi connectivity index (χ2v) is 4.68. The second-order valence-electron chi connectivity index (χ2n) is 4.68. The molecule has 1 aromatic rings. The van der Waals surface area contributed by atoms with E-state index >= 15 is 0 Å². The Morgan fingerprint density at radius 1 is 1.59 bits per heavy atom. The van der Waals surface area contributed by atoms with Crippen LogP contribution >= 0.6 is 0 Å². The summed E-state index contributed by atoms with van der Waals surface area (Å²) in [7, 11) is 0. The molecule has 2 heterocycles. The summed E-state index contributed by atoms with van der Waals surface area (Å²) in [5.41, 5.74) is 0. The topological polar surface area (TPSA) is 54.2 Å². The Morgan fingerprint density at radius 3 is 3.29 bits per heavy atom. The Balaban J connectivity index is 1.69. The van der Waals surface area contributed by atoms with Gasteiger partial charge in [0.05, 0.1) is 0 Å². The minimum absolute atomic E-state index is 0.659. The first-order valence-electron chi connectivity index (χ1n) is 6.59. The SMILES string of the molecule is CCCNC1CCCN(CCc2ncno2)C1. The molecule has 1 fully saturated rings. The van der Waals surface area contributed by atoms with Gasteiger partial charge in [-0.2, -0.15) is 4.98 Å². The fraction of sp³-hybridized carbons (Fsp3) is 0.833. The molecule has 0 radical (unpaired) electrons. The van der Waals surface area contributed by atoms with Gasteiger partial charge in [0.15, 0.2) is 6.33 Å².